The van der Waals surface area contributed by atoms with Gasteiger partial charge in [-0.1, -0.05) is 13.8 Å². The van der Waals surface area contributed by atoms with E-state index in [0.29, 0.717) is 12.3 Å². The number of nitrogen functional groups attached to an aromatic ring is 1. The summed E-state index contributed by atoms with van der Waals surface area (Å²) in [4.78, 5) is 14.2. The van der Waals surface area contributed by atoms with Crippen LogP contribution in [0.15, 0.2) is 18.2 Å². The molecule has 19 heavy (non-hydrogen) atoms. The summed E-state index contributed by atoms with van der Waals surface area (Å²) < 4.78 is 0. The van der Waals surface area contributed by atoms with Crippen LogP contribution in [0, 0.1) is 5.92 Å². The molecule has 3 nitrogen and oxygen atoms in total. The van der Waals surface area contributed by atoms with Crippen molar-refractivity contribution in [1.82, 2.24) is 0 Å². The zero-order valence-corrected chi connectivity index (χ0v) is 12.0. The van der Waals surface area contributed by atoms with Gasteiger partial charge in [0.05, 0.1) is 0 Å². The fourth-order valence-electron chi connectivity index (χ4n) is 2.67. The fourth-order valence-corrected chi connectivity index (χ4v) is 2.67. The summed E-state index contributed by atoms with van der Waals surface area (Å²) in [6.45, 7) is 5.27. The van der Waals surface area contributed by atoms with Gasteiger partial charge in [-0.05, 0) is 55.4 Å². The van der Waals surface area contributed by atoms with Crippen molar-refractivity contribution in [2.45, 2.75) is 46.0 Å². The van der Waals surface area contributed by atoms with Gasteiger partial charge in [-0.25, -0.2) is 0 Å². The Labute approximate surface area is 115 Å². The van der Waals surface area contributed by atoms with Crippen LogP contribution in [-0.2, 0) is 11.2 Å². The van der Waals surface area contributed by atoms with E-state index in [4.69, 9.17) is 5.73 Å². The monoisotopic (exact) mass is 260 g/mol. The van der Waals surface area contributed by atoms with E-state index in [1.165, 1.54) is 5.56 Å². The van der Waals surface area contributed by atoms with Crippen LogP contribution in [0.1, 0.15) is 45.1 Å². The van der Waals surface area contributed by atoms with Crippen LogP contribution in [-0.4, -0.2) is 12.5 Å². The molecule has 0 spiro atoms. The van der Waals surface area contributed by atoms with Gasteiger partial charge in [-0.3, -0.25) is 4.79 Å². The van der Waals surface area contributed by atoms with Crippen molar-refractivity contribution in [1.29, 1.82) is 0 Å². The zero-order valence-electron chi connectivity index (χ0n) is 12.0. The topological polar surface area (TPSA) is 46.3 Å². The predicted octanol–water partition coefficient (Wildman–Crippen LogP) is 3.37. The number of carbonyl (C=O) groups excluding carboxylic acids is 1. The summed E-state index contributed by atoms with van der Waals surface area (Å²) in [5, 5.41) is 0. The standard InChI is InChI=1S/C16H24N2O/c1-12(2)5-4-10-18-15-9-8-14(17)11-13(15)6-3-7-16(18)19/h8-9,11-12H,3-7,10,17H2,1-2H3. The minimum Gasteiger partial charge on any atom is -0.399 e. The van der Waals surface area contributed by atoms with Gasteiger partial charge in [0.15, 0.2) is 0 Å². The van der Waals surface area contributed by atoms with Gasteiger partial charge in [0, 0.05) is 24.3 Å². The van der Waals surface area contributed by atoms with Crippen molar-refractivity contribution in [3.05, 3.63) is 23.8 Å². The SMILES string of the molecule is CC(C)CCCN1C(=O)CCCc2cc(N)ccc21. The first-order chi connectivity index (χ1) is 9.08. The third-order valence-corrected chi connectivity index (χ3v) is 3.70. The number of benzene rings is 1. The maximum absolute atomic E-state index is 12.2. The highest BCUT2D eigenvalue weighted by Crippen LogP contribution is 2.29. The maximum atomic E-state index is 12.2. The minimum atomic E-state index is 0.257. The largest absolute Gasteiger partial charge is 0.399 e. The number of fused-ring (bicyclic) bond motifs is 1. The Bertz CT molecular complexity index is 454. The number of nitrogens with zero attached hydrogens (tertiary/aromatic N) is 1. The molecule has 1 aliphatic rings. The minimum absolute atomic E-state index is 0.257. The Morgan fingerprint density at radius 3 is 2.84 bits per heavy atom. The highest BCUT2D eigenvalue weighted by atomic mass is 16.2. The van der Waals surface area contributed by atoms with E-state index in [-0.39, 0.29) is 5.91 Å². The summed E-state index contributed by atoms with van der Waals surface area (Å²) in [6, 6.07) is 5.92. The number of rotatable bonds is 4. The van der Waals surface area contributed by atoms with Crippen LogP contribution in [0.25, 0.3) is 0 Å². The molecule has 2 N–H and O–H groups in total. The summed E-state index contributed by atoms with van der Waals surface area (Å²) in [7, 11) is 0. The van der Waals surface area contributed by atoms with Crippen LogP contribution < -0.4 is 10.6 Å². The molecule has 0 unspecified atom stereocenters. The first-order valence-electron chi connectivity index (χ1n) is 7.26. The molecule has 3 heteroatoms. The molecule has 1 heterocycles. The van der Waals surface area contributed by atoms with E-state index in [1.54, 1.807) is 0 Å². The Kier molecular flexibility index (Phi) is 4.46. The van der Waals surface area contributed by atoms with Crippen molar-refractivity contribution >= 4 is 17.3 Å². The van der Waals surface area contributed by atoms with Crippen molar-refractivity contribution in [3.63, 3.8) is 0 Å². The molecular formula is C16H24N2O. The zero-order chi connectivity index (χ0) is 13.8. The summed E-state index contributed by atoms with van der Waals surface area (Å²) in [6.07, 6.45) is 4.75. The molecule has 0 aliphatic carbocycles. The molecule has 0 saturated carbocycles. The molecule has 1 aromatic carbocycles. The van der Waals surface area contributed by atoms with Gasteiger partial charge in [0.1, 0.15) is 0 Å². The molecule has 1 aliphatic heterocycles. The number of carbonyl (C=O) groups is 1. The number of aryl methyl sites for hydroxylation is 1. The molecule has 2 rings (SSSR count). The van der Waals surface area contributed by atoms with Gasteiger partial charge >= 0.3 is 0 Å². The lowest BCUT2D eigenvalue weighted by atomic mass is 10.1. The molecule has 0 aromatic heterocycles. The van der Waals surface area contributed by atoms with E-state index < -0.39 is 0 Å². The van der Waals surface area contributed by atoms with Crippen LogP contribution >= 0.6 is 0 Å². The van der Waals surface area contributed by atoms with Gasteiger partial charge in [-0.2, -0.15) is 0 Å². The second kappa shape index (κ2) is 6.09. The summed E-state index contributed by atoms with van der Waals surface area (Å²) in [5.74, 6) is 0.945. The van der Waals surface area contributed by atoms with Gasteiger partial charge in [0.2, 0.25) is 5.91 Å². The Hall–Kier alpha value is -1.51. The van der Waals surface area contributed by atoms with Gasteiger partial charge < -0.3 is 10.6 Å². The van der Waals surface area contributed by atoms with E-state index in [9.17, 15) is 4.79 Å². The molecule has 0 fully saturated rings. The van der Waals surface area contributed by atoms with E-state index in [2.05, 4.69) is 13.8 Å². The normalized spacial score (nSPS) is 15.5. The Morgan fingerprint density at radius 2 is 2.11 bits per heavy atom. The number of anilines is 2. The quantitative estimate of drug-likeness (QED) is 0.844. The second-order valence-electron chi connectivity index (χ2n) is 5.82. The average molecular weight is 260 g/mol. The number of hydrogen-bond acceptors (Lipinski definition) is 2. The number of hydrogen-bond donors (Lipinski definition) is 1. The first-order valence-corrected chi connectivity index (χ1v) is 7.26. The molecule has 0 atom stereocenters. The molecule has 1 amide bonds. The maximum Gasteiger partial charge on any atom is 0.226 e. The van der Waals surface area contributed by atoms with E-state index >= 15 is 0 Å². The highest BCUT2D eigenvalue weighted by Gasteiger charge is 2.21. The molecule has 0 saturated heterocycles. The predicted molar refractivity (Wildman–Crippen MR) is 80.2 cm³/mol. The lowest BCUT2D eigenvalue weighted by Crippen LogP contribution is -2.31. The fraction of sp³-hybridized carbons (Fsp3) is 0.562. The summed E-state index contributed by atoms with van der Waals surface area (Å²) in [5.41, 5.74) is 8.92. The third-order valence-electron chi connectivity index (χ3n) is 3.70. The number of nitrogens with two attached hydrogens (primary N) is 1. The highest BCUT2D eigenvalue weighted by molar-refractivity contribution is 5.95. The molecular weight excluding hydrogens is 236 g/mol. The van der Waals surface area contributed by atoms with Crippen molar-refractivity contribution in [2.24, 2.45) is 5.92 Å². The Balaban J connectivity index is 2.18. The second-order valence-corrected chi connectivity index (χ2v) is 5.82. The molecule has 104 valence electrons. The van der Waals surface area contributed by atoms with Crippen LogP contribution in [0.3, 0.4) is 0 Å². The summed E-state index contributed by atoms with van der Waals surface area (Å²) >= 11 is 0. The van der Waals surface area contributed by atoms with Crippen molar-refractivity contribution < 1.29 is 4.79 Å². The van der Waals surface area contributed by atoms with Crippen LogP contribution in [0.2, 0.25) is 0 Å². The smallest absolute Gasteiger partial charge is 0.226 e. The van der Waals surface area contributed by atoms with Crippen LogP contribution in [0.4, 0.5) is 11.4 Å². The van der Waals surface area contributed by atoms with Crippen molar-refractivity contribution in [3.8, 4) is 0 Å². The lowest BCUT2D eigenvalue weighted by Gasteiger charge is -2.23. The molecule has 1 aromatic rings. The van der Waals surface area contributed by atoms with E-state index in [0.717, 1.165) is 43.6 Å². The molecule has 0 bridgehead atoms. The van der Waals surface area contributed by atoms with Crippen LogP contribution in [0.5, 0.6) is 0 Å². The van der Waals surface area contributed by atoms with E-state index in [1.807, 2.05) is 23.1 Å². The Morgan fingerprint density at radius 1 is 1.32 bits per heavy atom. The average Bonchev–Trinajstić information content (AvgIpc) is 2.49. The number of amides is 1. The molecule has 0 radical (unpaired) electrons. The first kappa shape index (κ1) is 13.9. The van der Waals surface area contributed by atoms with Gasteiger partial charge in [0.25, 0.3) is 0 Å². The third kappa shape index (κ3) is 3.49. The lowest BCUT2D eigenvalue weighted by molar-refractivity contribution is -0.118. The van der Waals surface area contributed by atoms with Gasteiger partial charge in [-0.15, -0.1) is 0 Å². The van der Waals surface area contributed by atoms with Crippen molar-refractivity contribution in [2.75, 3.05) is 17.2 Å².